The standard InChI is InChI=1S/C7H4F2O.Na.H/c8-6-2-1-5(4-10)3-7(6)9;;/h1-4H;;. The van der Waals surface area contributed by atoms with Gasteiger partial charge in [-0.05, 0) is 18.2 Å². The zero-order valence-electron chi connectivity index (χ0n) is 4.97. The molecule has 1 aromatic rings. The summed E-state index contributed by atoms with van der Waals surface area (Å²) in [7, 11) is 0. The van der Waals surface area contributed by atoms with E-state index in [-0.39, 0.29) is 35.1 Å². The Bertz CT molecular complexity index is 263. The van der Waals surface area contributed by atoms with E-state index in [9.17, 15) is 13.6 Å². The second-order valence-corrected chi connectivity index (χ2v) is 1.79. The van der Waals surface area contributed by atoms with Crippen LogP contribution in [0.15, 0.2) is 18.2 Å². The van der Waals surface area contributed by atoms with Crippen LogP contribution in [0.5, 0.6) is 0 Å². The summed E-state index contributed by atoms with van der Waals surface area (Å²) < 4.78 is 24.4. The predicted octanol–water partition coefficient (Wildman–Crippen LogP) is 1.13. The Morgan fingerprint density at radius 1 is 1.18 bits per heavy atom. The van der Waals surface area contributed by atoms with E-state index in [0.717, 1.165) is 12.1 Å². The molecule has 0 N–H and O–H groups in total. The Kier molecular flexibility index (Phi) is 4.49. The molecule has 0 aliphatic carbocycles. The van der Waals surface area contributed by atoms with Gasteiger partial charge in [0, 0.05) is 5.56 Å². The van der Waals surface area contributed by atoms with Crippen molar-refractivity contribution in [1.29, 1.82) is 0 Å². The fourth-order valence-corrected chi connectivity index (χ4v) is 0.586. The molecule has 0 fully saturated rings. The van der Waals surface area contributed by atoms with Gasteiger partial charge in [0.25, 0.3) is 0 Å². The molecule has 1 aromatic carbocycles. The first-order valence-electron chi connectivity index (χ1n) is 2.64. The van der Waals surface area contributed by atoms with E-state index in [1.165, 1.54) is 6.07 Å². The Morgan fingerprint density at radius 3 is 2.27 bits per heavy atom. The van der Waals surface area contributed by atoms with Gasteiger partial charge in [-0.1, -0.05) is 0 Å². The van der Waals surface area contributed by atoms with Crippen LogP contribution in [0.2, 0.25) is 0 Å². The molecular weight excluding hydrogens is 161 g/mol. The van der Waals surface area contributed by atoms with Crippen molar-refractivity contribution in [1.82, 2.24) is 0 Å². The normalized spacial score (nSPS) is 8.55. The molecule has 0 saturated carbocycles. The summed E-state index contributed by atoms with van der Waals surface area (Å²) in [5.74, 6) is -1.94. The molecular formula is C7H5F2NaO. The molecule has 0 aliphatic heterocycles. The van der Waals surface area contributed by atoms with Gasteiger partial charge in [0.2, 0.25) is 0 Å². The maximum atomic E-state index is 12.2. The third-order valence-corrected chi connectivity index (χ3v) is 1.08. The van der Waals surface area contributed by atoms with Gasteiger partial charge in [0.1, 0.15) is 6.29 Å². The Balaban J connectivity index is 0.000001000. The molecule has 0 radical (unpaired) electrons. The fourth-order valence-electron chi connectivity index (χ4n) is 0.586. The van der Waals surface area contributed by atoms with Crippen LogP contribution in [0.3, 0.4) is 0 Å². The summed E-state index contributed by atoms with van der Waals surface area (Å²) in [5.41, 5.74) is 0.138. The van der Waals surface area contributed by atoms with Crippen molar-refractivity contribution < 1.29 is 13.6 Å². The topological polar surface area (TPSA) is 17.1 Å². The van der Waals surface area contributed by atoms with Gasteiger partial charge < -0.3 is 0 Å². The van der Waals surface area contributed by atoms with Gasteiger partial charge in [0.15, 0.2) is 11.6 Å². The third-order valence-electron chi connectivity index (χ3n) is 1.08. The number of rotatable bonds is 1. The van der Waals surface area contributed by atoms with E-state index < -0.39 is 11.6 Å². The number of halogens is 2. The van der Waals surface area contributed by atoms with Crippen LogP contribution < -0.4 is 0 Å². The molecule has 54 valence electrons. The van der Waals surface area contributed by atoms with Crippen molar-refractivity contribution in [2.24, 2.45) is 0 Å². The van der Waals surface area contributed by atoms with Gasteiger partial charge >= 0.3 is 29.6 Å². The summed E-state index contributed by atoms with van der Waals surface area (Å²) in [6.07, 6.45) is 0.461. The number of carbonyl (C=O) groups excluding carboxylic acids is 1. The molecule has 0 spiro atoms. The first-order chi connectivity index (χ1) is 4.74. The van der Waals surface area contributed by atoms with Crippen molar-refractivity contribution in [3.05, 3.63) is 35.4 Å². The summed E-state index contributed by atoms with van der Waals surface area (Å²) in [6.45, 7) is 0. The van der Waals surface area contributed by atoms with Gasteiger partial charge in [-0.25, -0.2) is 8.78 Å². The average molecular weight is 166 g/mol. The van der Waals surface area contributed by atoms with Gasteiger partial charge in [0.05, 0.1) is 0 Å². The van der Waals surface area contributed by atoms with Crippen LogP contribution in [0, 0.1) is 11.6 Å². The van der Waals surface area contributed by atoms with Crippen molar-refractivity contribution in [3.63, 3.8) is 0 Å². The molecule has 4 heteroatoms. The molecule has 0 aromatic heterocycles. The Labute approximate surface area is 84.7 Å². The summed E-state index contributed by atoms with van der Waals surface area (Å²) in [4.78, 5) is 9.98. The van der Waals surface area contributed by atoms with Crippen LogP contribution in [0.25, 0.3) is 0 Å². The first kappa shape index (κ1) is 10.8. The minimum absolute atomic E-state index is 0. The molecule has 0 heterocycles. The molecule has 0 saturated heterocycles. The number of hydrogen-bond donors (Lipinski definition) is 0. The van der Waals surface area contributed by atoms with E-state index in [0.29, 0.717) is 6.29 Å². The van der Waals surface area contributed by atoms with Crippen LogP contribution in [0.1, 0.15) is 10.4 Å². The Morgan fingerprint density at radius 2 is 1.82 bits per heavy atom. The van der Waals surface area contributed by atoms with Crippen LogP contribution >= 0.6 is 0 Å². The van der Waals surface area contributed by atoms with E-state index in [4.69, 9.17) is 0 Å². The van der Waals surface area contributed by atoms with E-state index >= 15 is 0 Å². The molecule has 0 bridgehead atoms. The SMILES string of the molecule is O=Cc1ccc(F)c(F)c1.[NaH]. The fraction of sp³-hybridized carbons (Fsp3) is 0. The quantitative estimate of drug-likeness (QED) is 0.451. The molecule has 0 unspecified atom stereocenters. The van der Waals surface area contributed by atoms with Crippen LogP contribution in [-0.4, -0.2) is 35.8 Å². The summed E-state index contributed by atoms with van der Waals surface area (Å²) in [6, 6.07) is 2.98. The van der Waals surface area contributed by atoms with E-state index in [2.05, 4.69) is 0 Å². The second kappa shape index (κ2) is 4.59. The van der Waals surface area contributed by atoms with E-state index in [1.807, 2.05) is 0 Å². The molecule has 0 aliphatic rings. The average Bonchev–Trinajstić information content (AvgIpc) is 1.95. The number of aldehydes is 1. The van der Waals surface area contributed by atoms with Crippen LogP contribution in [-0.2, 0) is 0 Å². The van der Waals surface area contributed by atoms with Crippen molar-refractivity contribution in [2.75, 3.05) is 0 Å². The third kappa shape index (κ3) is 2.69. The molecule has 1 rings (SSSR count). The van der Waals surface area contributed by atoms with Crippen molar-refractivity contribution in [2.45, 2.75) is 0 Å². The van der Waals surface area contributed by atoms with Gasteiger partial charge in [-0.15, -0.1) is 0 Å². The number of benzene rings is 1. The zero-order chi connectivity index (χ0) is 7.56. The molecule has 0 amide bonds. The maximum absolute atomic E-state index is 12.2. The number of hydrogen-bond acceptors (Lipinski definition) is 1. The summed E-state index contributed by atoms with van der Waals surface area (Å²) in [5, 5.41) is 0. The van der Waals surface area contributed by atoms with Crippen LogP contribution in [0.4, 0.5) is 8.78 Å². The number of carbonyl (C=O) groups is 1. The zero-order valence-corrected chi connectivity index (χ0v) is 4.97. The van der Waals surface area contributed by atoms with Crippen molar-refractivity contribution >= 4 is 35.8 Å². The first-order valence-corrected chi connectivity index (χ1v) is 2.64. The summed E-state index contributed by atoms with van der Waals surface area (Å²) >= 11 is 0. The van der Waals surface area contributed by atoms with Crippen molar-refractivity contribution in [3.8, 4) is 0 Å². The second-order valence-electron chi connectivity index (χ2n) is 1.79. The monoisotopic (exact) mass is 166 g/mol. The minimum atomic E-state index is -0.996. The van der Waals surface area contributed by atoms with Gasteiger partial charge in [-0.3, -0.25) is 4.79 Å². The Hall–Kier alpha value is -0.250. The van der Waals surface area contributed by atoms with Gasteiger partial charge in [-0.2, -0.15) is 0 Å². The molecule has 0 atom stereocenters. The molecule has 11 heavy (non-hydrogen) atoms. The predicted molar refractivity (Wildman–Crippen MR) is 38.9 cm³/mol. The van der Waals surface area contributed by atoms with E-state index in [1.54, 1.807) is 0 Å². The molecule has 1 nitrogen and oxygen atoms in total.